The third kappa shape index (κ3) is 3.16. The second-order valence-electron chi connectivity index (χ2n) is 3.66. The van der Waals surface area contributed by atoms with Crippen LogP contribution in [0, 0.1) is 0 Å². The molecule has 1 aromatic rings. The molecule has 0 radical (unpaired) electrons. The summed E-state index contributed by atoms with van der Waals surface area (Å²) in [5.41, 5.74) is 1.28. The fourth-order valence-electron chi connectivity index (χ4n) is 1.41. The number of hydrogen-bond acceptors (Lipinski definition) is 2. The van der Waals surface area contributed by atoms with Crippen LogP contribution in [0.1, 0.15) is 26.0 Å². The Labute approximate surface area is 85.7 Å². The Morgan fingerprint density at radius 1 is 1.57 bits per heavy atom. The third-order valence-electron chi connectivity index (χ3n) is 2.29. The lowest BCUT2D eigenvalue weighted by molar-refractivity contribution is 0.250. The maximum atomic E-state index is 8.87. The average molecular weight is 196 g/mol. The molecule has 80 valence electrons. The van der Waals surface area contributed by atoms with Crippen LogP contribution in [0.5, 0.6) is 0 Å². The van der Waals surface area contributed by atoms with Gasteiger partial charge in [0, 0.05) is 31.0 Å². The fraction of sp³-hybridized carbons (Fsp3) is 0.636. The zero-order valence-electron chi connectivity index (χ0n) is 9.03. The lowest BCUT2D eigenvalue weighted by Crippen LogP contribution is -2.29. The lowest BCUT2D eigenvalue weighted by atomic mass is 10.3. The second kappa shape index (κ2) is 5.83. The molecule has 0 fully saturated rings. The maximum absolute atomic E-state index is 8.87. The van der Waals surface area contributed by atoms with Crippen molar-refractivity contribution in [1.29, 1.82) is 0 Å². The molecule has 0 aliphatic rings. The van der Waals surface area contributed by atoms with Crippen LogP contribution in [0.2, 0.25) is 0 Å². The van der Waals surface area contributed by atoms with Gasteiger partial charge in [0.2, 0.25) is 0 Å². The monoisotopic (exact) mass is 196 g/mol. The van der Waals surface area contributed by atoms with E-state index in [2.05, 4.69) is 35.1 Å². The molecule has 3 heteroatoms. The zero-order chi connectivity index (χ0) is 10.4. The van der Waals surface area contributed by atoms with E-state index >= 15 is 0 Å². The molecule has 0 saturated carbocycles. The van der Waals surface area contributed by atoms with Crippen LogP contribution >= 0.6 is 0 Å². The minimum atomic E-state index is 0.167. The average Bonchev–Trinajstić information content (AvgIpc) is 2.62. The largest absolute Gasteiger partial charge is 0.395 e. The highest BCUT2D eigenvalue weighted by Gasteiger charge is 2.02. The number of aromatic nitrogens is 1. The summed E-state index contributed by atoms with van der Waals surface area (Å²) in [6.07, 6.45) is 3.25. The van der Waals surface area contributed by atoms with Gasteiger partial charge >= 0.3 is 0 Å². The minimum absolute atomic E-state index is 0.167. The Morgan fingerprint density at radius 2 is 2.36 bits per heavy atom. The molecule has 1 rings (SSSR count). The number of aliphatic hydroxyl groups is 1. The van der Waals surface area contributed by atoms with Gasteiger partial charge in [-0.25, -0.2) is 0 Å². The first-order valence-electron chi connectivity index (χ1n) is 5.26. The predicted octanol–water partition coefficient (Wildman–Crippen LogP) is 1.37. The van der Waals surface area contributed by atoms with Gasteiger partial charge in [-0.2, -0.15) is 0 Å². The molecule has 0 amide bonds. The summed E-state index contributed by atoms with van der Waals surface area (Å²) in [4.78, 5) is 0. The Bertz CT molecular complexity index is 258. The topological polar surface area (TPSA) is 37.2 Å². The molecule has 1 atom stereocenters. The van der Waals surface area contributed by atoms with E-state index < -0.39 is 0 Å². The molecule has 1 heterocycles. The summed E-state index contributed by atoms with van der Waals surface area (Å²) in [6.45, 7) is 6.24. The van der Waals surface area contributed by atoms with E-state index in [0.29, 0.717) is 0 Å². The van der Waals surface area contributed by atoms with Gasteiger partial charge in [-0.05, 0) is 25.5 Å². The fourth-order valence-corrected chi connectivity index (χ4v) is 1.41. The van der Waals surface area contributed by atoms with E-state index in [9.17, 15) is 0 Å². The highest BCUT2D eigenvalue weighted by Crippen LogP contribution is 2.03. The summed E-state index contributed by atoms with van der Waals surface area (Å²) in [6, 6.07) is 4.35. The van der Waals surface area contributed by atoms with Crippen molar-refractivity contribution in [1.82, 2.24) is 9.88 Å². The van der Waals surface area contributed by atoms with E-state index in [0.717, 1.165) is 19.5 Å². The van der Waals surface area contributed by atoms with Crippen molar-refractivity contribution in [3.63, 3.8) is 0 Å². The number of rotatable bonds is 6. The molecule has 0 aliphatic carbocycles. The highest BCUT2D eigenvalue weighted by molar-refractivity contribution is 5.06. The van der Waals surface area contributed by atoms with Gasteiger partial charge < -0.3 is 15.0 Å². The van der Waals surface area contributed by atoms with Crippen molar-refractivity contribution in [2.24, 2.45) is 0 Å². The molecule has 0 aromatic carbocycles. The van der Waals surface area contributed by atoms with Crippen LogP contribution < -0.4 is 5.32 Å². The minimum Gasteiger partial charge on any atom is -0.395 e. The van der Waals surface area contributed by atoms with Crippen LogP contribution in [-0.2, 0) is 13.1 Å². The van der Waals surface area contributed by atoms with Crippen molar-refractivity contribution >= 4 is 0 Å². The molecule has 3 nitrogen and oxygen atoms in total. The molecule has 0 aliphatic heterocycles. The Morgan fingerprint density at radius 3 is 3.00 bits per heavy atom. The van der Waals surface area contributed by atoms with E-state index in [4.69, 9.17) is 5.11 Å². The maximum Gasteiger partial charge on any atom is 0.0582 e. The molecule has 0 spiro atoms. The summed E-state index contributed by atoms with van der Waals surface area (Å²) in [7, 11) is 0. The Hall–Kier alpha value is -0.800. The second-order valence-corrected chi connectivity index (χ2v) is 3.66. The number of nitrogens with one attached hydrogen (secondary N) is 1. The molecule has 0 saturated heterocycles. The Kier molecular flexibility index (Phi) is 4.70. The molecule has 1 unspecified atom stereocenters. The summed E-state index contributed by atoms with van der Waals surface area (Å²) in [5, 5.41) is 12.1. The van der Waals surface area contributed by atoms with Crippen LogP contribution in [0.15, 0.2) is 18.3 Å². The first kappa shape index (κ1) is 11.3. The van der Waals surface area contributed by atoms with Gasteiger partial charge in [0.05, 0.1) is 6.61 Å². The lowest BCUT2D eigenvalue weighted by Gasteiger charge is -2.12. The number of nitrogens with zero attached hydrogens (tertiary/aromatic N) is 1. The summed E-state index contributed by atoms with van der Waals surface area (Å²) < 4.78 is 2.25. The van der Waals surface area contributed by atoms with E-state index in [1.54, 1.807) is 0 Å². The van der Waals surface area contributed by atoms with Gasteiger partial charge in [0.1, 0.15) is 0 Å². The number of hydrogen-bond donors (Lipinski definition) is 2. The van der Waals surface area contributed by atoms with Gasteiger partial charge in [0.25, 0.3) is 0 Å². The summed E-state index contributed by atoms with van der Waals surface area (Å²) in [5.74, 6) is 0. The van der Waals surface area contributed by atoms with Gasteiger partial charge in [-0.1, -0.05) is 6.92 Å². The van der Waals surface area contributed by atoms with Crippen molar-refractivity contribution in [2.45, 2.75) is 39.4 Å². The molecule has 2 N–H and O–H groups in total. The van der Waals surface area contributed by atoms with Crippen molar-refractivity contribution < 1.29 is 5.11 Å². The first-order chi connectivity index (χ1) is 6.77. The number of aryl methyl sites for hydroxylation is 1. The normalized spacial score (nSPS) is 13.1. The molecule has 0 bridgehead atoms. The number of aliphatic hydroxyl groups excluding tert-OH is 1. The van der Waals surface area contributed by atoms with Crippen LogP contribution in [0.4, 0.5) is 0 Å². The standard InChI is InChI=1S/C11H20N2O/c1-3-6-13-7-4-5-11(13)8-12-10(2)9-14/h4-5,7,10,12,14H,3,6,8-9H2,1-2H3. The highest BCUT2D eigenvalue weighted by atomic mass is 16.3. The van der Waals surface area contributed by atoms with Gasteiger partial charge in [-0.15, -0.1) is 0 Å². The zero-order valence-corrected chi connectivity index (χ0v) is 9.03. The quantitative estimate of drug-likeness (QED) is 0.721. The van der Waals surface area contributed by atoms with E-state index in [1.807, 2.05) is 6.92 Å². The van der Waals surface area contributed by atoms with Gasteiger partial charge in [-0.3, -0.25) is 0 Å². The van der Waals surface area contributed by atoms with E-state index in [-0.39, 0.29) is 12.6 Å². The summed E-state index contributed by atoms with van der Waals surface area (Å²) >= 11 is 0. The molecule has 14 heavy (non-hydrogen) atoms. The first-order valence-corrected chi connectivity index (χ1v) is 5.26. The van der Waals surface area contributed by atoms with Crippen LogP contribution in [-0.4, -0.2) is 22.3 Å². The predicted molar refractivity (Wildman–Crippen MR) is 58.1 cm³/mol. The SMILES string of the molecule is CCCn1cccc1CNC(C)CO. The van der Waals surface area contributed by atoms with Gasteiger partial charge in [0.15, 0.2) is 0 Å². The van der Waals surface area contributed by atoms with Crippen molar-refractivity contribution in [3.8, 4) is 0 Å². The molecule has 1 aromatic heterocycles. The van der Waals surface area contributed by atoms with Crippen LogP contribution in [0.25, 0.3) is 0 Å². The van der Waals surface area contributed by atoms with E-state index in [1.165, 1.54) is 5.69 Å². The Balaban J connectivity index is 2.45. The smallest absolute Gasteiger partial charge is 0.0582 e. The van der Waals surface area contributed by atoms with Crippen LogP contribution in [0.3, 0.4) is 0 Å². The molecular weight excluding hydrogens is 176 g/mol. The molecular formula is C11H20N2O. The van der Waals surface area contributed by atoms with Crippen molar-refractivity contribution in [3.05, 3.63) is 24.0 Å². The van der Waals surface area contributed by atoms with Crippen molar-refractivity contribution in [2.75, 3.05) is 6.61 Å². The third-order valence-corrected chi connectivity index (χ3v) is 2.29.